The summed E-state index contributed by atoms with van der Waals surface area (Å²) in [5.74, 6) is -1.63. The van der Waals surface area contributed by atoms with Gasteiger partial charge in [-0.3, -0.25) is 14.5 Å². The van der Waals surface area contributed by atoms with Gasteiger partial charge in [0.2, 0.25) is 0 Å². The topological polar surface area (TPSA) is 68.6 Å². The van der Waals surface area contributed by atoms with Gasteiger partial charge in [0.25, 0.3) is 11.1 Å². The van der Waals surface area contributed by atoms with Crippen molar-refractivity contribution in [3.63, 3.8) is 0 Å². The number of hydrogen-bond acceptors (Lipinski definition) is 5. The Bertz CT molecular complexity index is 937. The van der Waals surface area contributed by atoms with E-state index in [1.165, 1.54) is 19.1 Å². The van der Waals surface area contributed by atoms with Gasteiger partial charge in [-0.15, -0.1) is 0 Å². The molecule has 140 valence electrons. The molecule has 3 rings (SSSR count). The number of aromatic nitrogens is 1. The zero-order chi connectivity index (χ0) is 19.6. The molecule has 0 N–H and O–H groups in total. The molecule has 0 saturated carbocycles. The minimum atomic E-state index is -1.01. The molecule has 2 amide bonds. The molecule has 1 aliphatic heterocycles. The lowest BCUT2D eigenvalue weighted by atomic mass is 10.2. The van der Waals surface area contributed by atoms with E-state index in [0.717, 1.165) is 16.7 Å². The molecular weight excluding hydrogens is 371 g/mol. The van der Waals surface area contributed by atoms with E-state index < -0.39 is 29.0 Å². The van der Waals surface area contributed by atoms with Crippen molar-refractivity contribution in [2.75, 3.05) is 6.61 Å². The van der Waals surface area contributed by atoms with Crippen molar-refractivity contribution >= 4 is 35.0 Å². The first kappa shape index (κ1) is 18.9. The van der Waals surface area contributed by atoms with E-state index in [2.05, 4.69) is 0 Å². The second kappa shape index (κ2) is 7.79. The first-order chi connectivity index (χ1) is 12.9. The molecule has 27 heavy (non-hydrogen) atoms. The van der Waals surface area contributed by atoms with Crippen molar-refractivity contribution in [1.29, 1.82) is 0 Å². The summed E-state index contributed by atoms with van der Waals surface area (Å²) in [7, 11) is 0. The van der Waals surface area contributed by atoms with Gasteiger partial charge in [-0.2, -0.15) is 0 Å². The van der Waals surface area contributed by atoms with Gasteiger partial charge in [0, 0.05) is 11.9 Å². The van der Waals surface area contributed by atoms with E-state index in [-0.39, 0.29) is 11.5 Å². The third-order valence-electron chi connectivity index (χ3n) is 4.01. The maximum atomic E-state index is 14.1. The summed E-state index contributed by atoms with van der Waals surface area (Å²) in [5, 5.41) is -0.546. The van der Waals surface area contributed by atoms with Gasteiger partial charge >= 0.3 is 5.97 Å². The van der Waals surface area contributed by atoms with Crippen molar-refractivity contribution < 1.29 is 23.5 Å². The fourth-order valence-corrected chi connectivity index (χ4v) is 3.59. The number of nitrogens with zero attached hydrogens (tertiary/aromatic N) is 2. The smallest absolute Gasteiger partial charge is 0.329 e. The van der Waals surface area contributed by atoms with E-state index in [1.54, 1.807) is 48.0 Å². The van der Waals surface area contributed by atoms with Crippen LogP contribution in [0.3, 0.4) is 0 Å². The van der Waals surface area contributed by atoms with E-state index in [4.69, 9.17) is 4.74 Å². The van der Waals surface area contributed by atoms with Crippen LogP contribution in [0.5, 0.6) is 0 Å². The second-order valence-electron chi connectivity index (χ2n) is 5.73. The van der Waals surface area contributed by atoms with Gasteiger partial charge in [0.05, 0.1) is 17.2 Å². The molecule has 8 heteroatoms. The van der Waals surface area contributed by atoms with Crippen LogP contribution in [0, 0.1) is 5.82 Å². The lowest BCUT2D eigenvalue weighted by Crippen LogP contribution is -2.42. The van der Waals surface area contributed by atoms with E-state index in [1.807, 2.05) is 0 Å². The SMILES string of the molecule is CCOC(=O)[C@@H](C)N1C(=O)S/C(=C/c2cccn2-c2ccccc2F)C1=O. The summed E-state index contributed by atoms with van der Waals surface area (Å²) in [6, 6.07) is 8.65. The van der Waals surface area contributed by atoms with Gasteiger partial charge in [-0.05, 0) is 56.0 Å². The Balaban J connectivity index is 1.91. The highest BCUT2D eigenvalue weighted by Gasteiger charge is 2.41. The van der Waals surface area contributed by atoms with Crippen molar-refractivity contribution in [2.24, 2.45) is 0 Å². The molecule has 0 aliphatic carbocycles. The Morgan fingerprint density at radius 2 is 2.00 bits per heavy atom. The number of rotatable bonds is 5. The third-order valence-corrected chi connectivity index (χ3v) is 4.89. The number of esters is 1. The Labute approximate surface area is 159 Å². The molecule has 0 unspecified atom stereocenters. The molecule has 1 aromatic carbocycles. The van der Waals surface area contributed by atoms with Crippen LogP contribution < -0.4 is 0 Å². The van der Waals surface area contributed by atoms with Crippen molar-refractivity contribution in [2.45, 2.75) is 19.9 Å². The van der Waals surface area contributed by atoms with Crippen LogP contribution in [0.1, 0.15) is 19.5 Å². The predicted molar refractivity (Wildman–Crippen MR) is 99.6 cm³/mol. The molecule has 6 nitrogen and oxygen atoms in total. The average molecular weight is 388 g/mol. The van der Waals surface area contributed by atoms with Crippen LogP contribution in [-0.2, 0) is 14.3 Å². The number of halogens is 1. The molecule has 1 aliphatic rings. The molecule has 1 aromatic heterocycles. The minimum Gasteiger partial charge on any atom is -0.464 e. The van der Waals surface area contributed by atoms with Gasteiger partial charge < -0.3 is 9.30 Å². The fourth-order valence-electron chi connectivity index (χ4n) is 2.69. The highest BCUT2D eigenvalue weighted by molar-refractivity contribution is 8.18. The lowest BCUT2D eigenvalue weighted by Gasteiger charge is -2.19. The predicted octanol–water partition coefficient (Wildman–Crippen LogP) is 3.60. The Hall–Kier alpha value is -2.87. The number of carbonyl (C=O) groups is 3. The maximum absolute atomic E-state index is 14.1. The monoisotopic (exact) mass is 388 g/mol. The molecule has 2 aromatic rings. The Kier molecular flexibility index (Phi) is 5.46. The van der Waals surface area contributed by atoms with Gasteiger partial charge in [0.15, 0.2) is 0 Å². The summed E-state index contributed by atoms with van der Waals surface area (Å²) in [6.45, 7) is 3.25. The van der Waals surface area contributed by atoms with Crippen LogP contribution in [0.15, 0.2) is 47.5 Å². The molecular formula is C19H17FN2O4S. The lowest BCUT2D eigenvalue weighted by molar-refractivity contribution is -0.150. The Morgan fingerprint density at radius 3 is 2.70 bits per heavy atom. The second-order valence-corrected chi connectivity index (χ2v) is 6.73. The molecule has 0 bridgehead atoms. The summed E-state index contributed by atoms with van der Waals surface area (Å²) in [5.41, 5.74) is 0.863. The molecule has 1 saturated heterocycles. The van der Waals surface area contributed by atoms with E-state index in [9.17, 15) is 18.8 Å². The van der Waals surface area contributed by atoms with Crippen LogP contribution in [0.4, 0.5) is 9.18 Å². The molecule has 1 atom stereocenters. The van der Waals surface area contributed by atoms with Crippen LogP contribution >= 0.6 is 11.8 Å². The van der Waals surface area contributed by atoms with Gasteiger partial charge in [0.1, 0.15) is 11.9 Å². The minimum absolute atomic E-state index is 0.158. The molecule has 1 fully saturated rings. The summed E-state index contributed by atoms with van der Waals surface area (Å²) in [6.07, 6.45) is 3.17. The highest BCUT2D eigenvalue weighted by atomic mass is 32.2. The normalized spacial score (nSPS) is 16.9. The quantitative estimate of drug-likeness (QED) is 0.578. The van der Waals surface area contributed by atoms with Crippen LogP contribution in [-0.4, -0.2) is 39.2 Å². The van der Waals surface area contributed by atoms with E-state index in [0.29, 0.717) is 11.4 Å². The number of imide groups is 1. The van der Waals surface area contributed by atoms with Gasteiger partial charge in [-0.1, -0.05) is 12.1 Å². The van der Waals surface area contributed by atoms with Crippen molar-refractivity contribution in [1.82, 2.24) is 9.47 Å². The van der Waals surface area contributed by atoms with Crippen molar-refractivity contribution in [3.05, 3.63) is 59.0 Å². The third kappa shape index (κ3) is 3.66. The number of para-hydroxylation sites is 1. The number of carbonyl (C=O) groups excluding carboxylic acids is 3. The molecule has 2 heterocycles. The maximum Gasteiger partial charge on any atom is 0.329 e. The summed E-state index contributed by atoms with van der Waals surface area (Å²) in [4.78, 5) is 37.8. The average Bonchev–Trinajstić information content (AvgIpc) is 3.20. The highest BCUT2D eigenvalue weighted by Crippen LogP contribution is 2.34. The first-order valence-electron chi connectivity index (χ1n) is 8.30. The van der Waals surface area contributed by atoms with Crippen LogP contribution in [0.25, 0.3) is 11.8 Å². The van der Waals surface area contributed by atoms with E-state index >= 15 is 0 Å². The number of ether oxygens (including phenoxy) is 1. The standard InChI is InChI=1S/C19H17FN2O4S/c1-3-26-18(24)12(2)22-17(23)16(27-19(22)25)11-13-7-6-10-21(13)15-9-5-4-8-14(15)20/h4-12H,3H2,1-2H3/b16-11+/t12-/m1/s1. The van der Waals surface area contributed by atoms with Crippen LogP contribution in [0.2, 0.25) is 0 Å². The number of thioether (sulfide) groups is 1. The summed E-state index contributed by atoms with van der Waals surface area (Å²) >= 11 is 0.736. The number of hydrogen-bond donors (Lipinski definition) is 0. The zero-order valence-electron chi connectivity index (χ0n) is 14.7. The first-order valence-corrected chi connectivity index (χ1v) is 9.11. The largest absolute Gasteiger partial charge is 0.464 e. The Morgan fingerprint density at radius 1 is 1.26 bits per heavy atom. The number of benzene rings is 1. The summed E-state index contributed by atoms with van der Waals surface area (Å²) < 4.78 is 20.6. The van der Waals surface area contributed by atoms with Crippen molar-refractivity contribution in [3.8, 4) is 5.69 Å². The number of amides is 2. The fraction of sp³-hybridized carbons (Fsp3) is 0.211. The zero-order valence-corrected chi connectivity index (χ0v) is 15.5. The molecule has 0 radical (unpaired) electrons. The van der Waals surface area contributed by atoms with Gasteiger partial charge in [-0.25, -0.2) is 9.18 Å². The molecule has 0 spiro atoms.